The molecule has 0 bridgehead atoms. The summed E-state index contributed by atoms with van der Waals surface area (Å²) in [5.41, 5.74) is 7.91. The number of thiazole rings is 1. The number of likely N-dealkylation sites (tertiary alicyclic amines) is 1. The number of rotatable bonds is 4. The van der Waals surface area contributed by atoms with Crippen LogP contribution < -0.4 is 5.73 Å². The number of nitrogens with two attached hydrogens (primary N) is 1. The van der Waals surface area contributed by atoms with E-state index >= 15 is 0 Å². The van der Waals surface area contributed by atoms with Gasteiger partial charge < -0.3 is 10.6 Å². The second-order valence-corrected chi connectivity index (χ2v) is 5.90. The quantitative estimate of drug-likeness (QED) is 0.938. The lowest BCUT2D eigenvalue weighted by Crippen LogP contribution is -2.42. The van der Waals surface area contributed by atoms with Gasteiger partial charge in [0.2, 0.25) is 0 Å². The molecule has 20 heavy (non-hydrogen) atoms. The highest BCUT2D eigenvalue weighted by Gasteiger charge is 2.24. The molecule has 1 aliphatic rings. The van der Waals surface area contributed by atoms with Gasteiger partial charge in [0, 0.05) is 18.5 Å². The average Bonchev–Trinajstić information content (AvgIpc) is 2.87. The summed E-state index contributed by atoms with van der Waals surface area (Å²) >= 11 is 1.47. The predicted octanol–water partition coefficient (Wildman–Crippen LogP) is 2.23. The smallest absolute Gasteiger partial charge is 0.273 e. The fourth-order valence-electron chi connectivity index (χ4n) is 2.19. The average molecular weight is 287 g/mol. The van der Waals surface area contributed by atoms with Crippen LogP contribution in [0.2, 0.25) is 0 Å². The van der Waals surface area contributed by atoms with Crippen LogP contribution in [0.3, 0.4) is 0 Å². The van der Waals surface area contributed by atoms with Crippen LogP contribution in [-0.2, 0) is 6.42 Å². The van der Waals surface area contributed by atoms with Crippen LogP contribution in [0.15, 0.2) is 35.7 Å². The van der Waals surface area contributed by atoms with Crippen LogP contribution in [0.4, 0.5) is 0 Å². The van der Waals surface area contributed by atoms with Gasteiger partial charge in [-0.3, -0.25) is 4.79 Å². The molecule has 5 heteroatoms. The molecule has 1 unspecified atom stereocenters. The molecule has 104 valence electrons. The molecule has 1 atom stereocenters. The molecule has 1 saturated heterocycles. The van der Waals surface area contributed by atoms with E-state index in [2.05, 4.69) is 17.1 Å². The molecule has 1 aromatic carbocycles. The Bertz CT molecular complexity index is 592. The van der Waals surface area contributed by atoms with Crippen LogP contribution in [-0.4, -0.2) is 28.9 Å². The van der Waals surface area contributed by atoms with Gasteiger partial charge in [-0.15, -0.1) is 11.3 Å². The Kier molecular flexibility index (Phi) is 3.80. The molecule has 0 spiro atoms. The standard InChI is InChI=1S/C15H17N3OS/c16-12(9-11-5-2-1-3-6-11)14-17-13(10-20-14)15(19)18-7-4-8-18/h1-3,5-6,10,12H,4,7-9,16H2. The van der Waals surface area contributed by atoms with Crippen LogP contribution >= 0.6 is 11.3 Å². The van der Waals surface area contributed by atoms with Crippen molar-refractivity contribution in [3.63, 3.8) is 0 Å². The monoisotopic (exact) mass is 287 g/mol. The van der Waals surface area contributed by atoms with Crippen molar-refractivity contribution in [2.75, 3.05) is 13.1 Å². The molecule has 1 aromatic heterocycles. The second kappa shape index (κ2) is 5.73. The van der Waals surface area contributed by atoms with Gasteiger partial charge >= 0.3 is 0 Å². The van der Waals surface area contributed by atoms with E-state index in [1.165, 1.54) is 16.9 Å². The highest BCUT2D eigenvalue weighted by Crippen LogP contribution is 2.22. The molecule has 2 N–H and O–H groups in total. The van der Waals surface area contributed by atoms with E-state index < -0.39 is 0 Å². The summed E-state index contributed by atoms with van der Waals surface area (Å²) in [6.45, 7) is 1.70. The Labute approximate surface area is 122 Å². The summed E-state index contributed by atoms with van der Waals surface area (Å²) in [5.74, 6) is 0.0330. The third-order valence-electron chi connectivity index (χ3n) is 3.50. The number of nitrogens with zero attached hydrogens (tertiary/aromatic N) is 2. The highest BCUT2D eigenvalue weighted by atomic mass is 32.1. The number of carbonyl (C=O) groups is 1. The summed E-state index contributed by atoms with van der Waals surface area (Å²) in [6, 6.07) is 9.95. The van der Waals surface area contributed by atoms with E-state index in [4.69, 9.17) is 5.73 Å². The minimum atomic E-state index is -0.152. The number of benzene rings is 1. The van der Waals surface area contributed by atoms with Crippen LogP contribution in [0.25, 0.3) is 0 Å². The van der Waals surface area contributed by atoms with Gasteiger partial charge in [0.05, 0.1) is 6.04 Å². The Balaban J connectivity index is 1.68. The van der Waals surface area contributed by atoms with Gasteiger partial charge in [0.15, 0.2) is 0 Å². The van der Waals surface area contributed by atoms with Gasteiger partial charge in [-0.2, -0.15) is 0 Å². The SMILES string of the molecule is NC(Cc1ccccc1)c1nc(C(=O)N2CCC2)cs1. The van der Waals surface area contributed by atoms with E-state index in [1.807, 2.05) is 28.5 Å². The lowest BCUT2D eigenvalue weighted by molar-refractivity contribution is 0.0646. The Morgan fingerprint density at radius 1 is 1.35 bits per heavy atom. The van der Waals surface area contributed by atoms with Crippen LogP contribution in [0.5, 0.6) is 0 Å². The summed E-state index contributed by atoms with van der Waals surface area (Å²) in [6.07, 6.45) is 1.84. The molecule has 0 aliphatic carbocycles. The minimum absolute atomic E-state index is 0.0330. The first-order valence-electron chi connectivity index (χ1n) is 6.78. The zero-order chi connectivity index (χ0) is 13.9. The molecular weight excluding hydrogens is 270 g/mol. The van der Waals surface area contributed by atoms with E-state index in [1.54, 1.807) is 0 Å². The molecule has 3 rings (SSSR count). The maximum absolute atomic E-state index is 12.1. The summed E-state index contributed by atoms with van der Waals surface area (Å²) < 4.78 is 0. The van der Waals surface area contributed by atoms with Crippen molar-refractivity contribution < 1.29 is 4.79 Å². The van der Waals surface area contributed by atoms with Gasteiger partial charge in [-0.1, -0.05) is 30.3 Å². The lowest BCUT2D eigenvalue weighted by Gasteiger charge is -2.30. The number of hydrogen-bond acceptors (Lipinski definition) is 4. The van der Waals surface area contributed by atoms with E-state index in [0.29, 0.717) is 5.69 Å². The second-order valence-electron chi connectivity index (χ2n) is 5.01. The number of carbonyl (C=O) groups excluding carboxylic acids is 1. The van der Waals surface area contributed by atoms with Crippen molar-refractivity contribution in [3.05, 3.63) is 52.0 Å². The van der Waals surface area contributed by atoms with Crippen molar-refractivity contribution in [3.8, 4) is 0 Å². The number of hydrogen-bond donors (Lipinski definition) is 1. The normalized spacial score (nSPS) is 15.8. The van der Waals surface area contributed by atoms with Crippen molar-refractivity contribution in [2.45, 2.75) is 18.9 Å². The lowest BCUT2D eigenvalue weighted by atomic mass is 10.1. The van der Waals surface area contributed by atoms with Gasteiger partial charge in [-0.05, 0) is 18.4 Å². The van der Waals surface area contributed by atoms with Crippen LogP contribution in [0, 0.1) is 0 Å². The van der Waals surface area contributed by atoms with Crippen LogP contribution in [0.1, 0.15) is 33.5 Å². The van der Waals surface area contributed by atoms with Crippen molar-refractivity contribution in [1.29, 1.82) is 0 Å². The topological polar surface area (TPSA) is 59.2 Å². The van der Waals surface area contributed by atoms with Gasteiger partial charge in [-0.25, -0.2) is 4.98 Å². The molecular formula is C15H17N3OS. The van der Waals surface area contributed by atoms with E-state index in [9.17, 15) is 4.79 Å². The molecule has 1 fully saturated rings. The molecule has 2 heterocycles. The molecule has 0 radical (unpaired) electrons. The Morgan fingerprint density at radius 3 is 2.75 bits per heavy atom. The first-order valence-corrected chi connectivity index (χ1v) is 7.66. The third-order valence-corrected chi connectivity index (χ3v) is 4.48. The molecule has 1 aliphatic heterocycles. The maximum atomic E-state index is 12.1. The Hall–Kier alpha value is -1.72. The number of amides is 1. The molecule has 0 saturated carbocycles. The zero-order valence-electron chi connectivity index (χ0n) is 11.2. The fraction of sp³-hybridized carbons (Fsp3) is 0.333. The van der Waals surface area contributed by atoms with Crippen molar-refractivity contribution in [2.24, 2.45) is 5.73 Å². The van der Waals surface area contributed by atoms with Gasteiger partial charge in [0.25, 0.3) is 5.91 Å². The first-order chi connectivity index (χ1) is 9.74. The van der Waals surface area contributed by atoms with Gasteiger partial charge in [0.1, 0.15) is 10.7 Å². The first kappa shape index (κ1) is 13.3. The largest absolute Gasteiger partial charge is 0.337 e. The zero-order valence-corrected chi connectivity index (χ0v) is 12.0. The van der Waals surface area contributed by atoms with Crippen molar-refractivity contribution in [1.82, 2.24) is 9.88 Å². The summed E-state index contributed by atoms with van der Waals surface area (Å²) in [7, 11) is 0. The minimum Gasteiger partial charge on any atom is -0.337 e. The predicted molar refractivity (Wildman–Crippen MR) is 79.7 cm³/mol. The fourth-order valence-corrected chi connectivity index (χ4v) is 2.99. The molecule has 4 nitrogen and oxygen atoms in total. The molecule has 1 amide bonds. The highest BCUT2D eigenvalue weighted by molar-refractivity contribution is 7.09. The molecule has 2 aromatic rings. The number of aromatic nitrogens is 1. The van der Waals surface area contributed by atoms with Crippen molar-refractivity contribution >= 4 is 17.2 Å². The third kappa shape index (κ3) is 2.73. The Morgan fingerprint density at radius 2 is 2.10 bits per heavy atom. The van der Waals surface area contributed by atoms with E-state index in [-0.39, 0.29) is 11.9 Å². The maximum Gasteiger partial charge on any atom is 0.273 e. The van der Waals surface area contributed by atoms with E-state index in [0.717, 1.165) is 30.9 Å². The summed E-state index contributed by atoms with van der Waals surface area (Å²) in [4.78, 5) is 18.3. The summed E-state index contributed by atoms with van der Waals surface area (Å²) in [5, 5.41) is 2.65.